The molecule has 2 fully saturated rings. The van der Waals surface area contributed by atoms with Crippen molar-refractivity contribution in [2.45, 2.75) is 52.0 Å². The number of methoxy groups -OCH3 is 1. The lowest BCUT2D eigenvalue weighted by atomic mass is 9.89. The molecule has 10 heteroatoms. The first-order valence-electron chi connectivity index (χ1n) is 13.6. The van der Waals surface area contributed by atoms with E-state index in [-0.39, 0.29) is 11.3 Å². The molecule has 3 aromatic rings. The van der Waals surface area contributed by atoms with Crippen LogP contribution in [0.4, 0.5) is 23.0 Å². The van der Waals surface area contributed by atoms with Gasteiger partial charge in [0.1, 0.15) is 5.75 Å². The van der Waals surface area contributed by atoms with Crippen molar-refractivity contribution in [1.82, 2.24) is 24.6 Å². The van der Waals surface area contributed by atoms with Gasteiger partial charge in [-0.05, 0) is 44.5 Å². The molecule has 1 amide bonds. The van der Waals surface area contributed by atoms with Crippen LogP contribution in [0.15, 0.2) is 43.2 Å². The maximum absolute atomic E-state index is 12.2. The highest BCUT2D eigenvalue weighted by Gasteiger charge is 2.26. The average molecular weight is 531 g/mol. The molecule has 0 saturated carbocycles. The highest BCUT2D eigenvalue weighted by molar-refractivity contribution is 6.02. The second-order valence-electron chi connectivity index (χ2n) is 11.1. The number of hydrogen-bond acceptors (Lipinski definition) is 8. The monoisotopic (exact) mass is 530 g/mol. The van der Waals surface area contributed by atoms with Gasteiger partial charge >= 0.3 is 0 Å². The molecule has 2 saturated heterocycles. The predicted octanol–water partition coefficient (Wildman–Crippen LogP) is 4.64. The van der Waals surface area contributed by atoms with Gasteiger partial charge in [0.2, 0.25) is 11.9 Å². The molecule has 39 heavy (non-hydrogen) atoms. The number of likely N-dealkylation sites (tertiary alicyclic amines) is 1. The first-order chi connectivity index (χ1) is 18.7. The van der Waals surface area contributed by atoms with Gasteiger partial charge in [-0.2, -0.15) is 10.1 Å². The van der Waals surface area contributed by atoms with E-state index in [9.17, 15) is 4.79 Å². The molecule has 1 aromatic carbocycles. The van der Waals surface area contributed by atoms with Crippen molar-refractivity contribution in [3.63, 3.8) is 0 Å². The van der Waals surface area contributed by atoms with Crippen molar-refractivity contribution in [2.75, 3.05) is 48.8 Å². The molecule has 0 radical (unpaired) electrons. The Labute approximate surface area is 230 Å². The number of nitrogens with zero attached hydrogens (tertiary/aromatic N) is 6. The molecular weight excluding hydrogens is 492 g/mol. The number of rotatable bonds is 9. The summed E-state index contributed by atoms with van der Waals surface area (Å²) in [4.78, 5) is 26.1. The lowest BCUT2D eigenvalue weighted by Crippen LogP contribution is -2.36. The van der Waals surface area contributed by atoms with Crippen LogP contribution in [-0.2, 0) is 16.8 Å². The van der Waals surface area contributed by atoms with Crippen molar-refractivity contribution < 1.29 is 9.53 Å². The van der Waals surface area contributed by atoms with Crippen LogP contribution in [0.3, 0.4) is 0 Å². The average Bonchev–Trinajstić information content (AvgIpc) is 3.57. The van der Waals surface area contributed by atoms with Crippen LogP contribution in [0.25, 0.3) is 5.82 Å². The molecule has 10 nitrogen and oxygen atoms in total. The minimum atomic E-state index is -0.271. The summed E-state index contributed by atoms with van der Waals surface area (Å²) >= 11 is 0. The number of carbonyl (C=O) groups excluding carboxylic acids is 1. The van der Waals surface area contributed by atoms with Gasteiger partial charge in [-0.25, -0.2) is 9.67 Å². The van der Waals surface area contributed by atoms with Crippen LogP contribution in [0.5, 0.6) is 5.75 Å². The van der Waals surface area contributed by atoms with Crippen LogP contribution < -0.4 is 20.3 Å². The minimum Gasteiger partial charge on any atom is -0.494 e. The molecular formula is C29H38N8O2. The third-order valence-electron chi connectivity index (χ3n) is 7.17. The Bertz CT molecular complexity index is 1350. The minimum absolute atomic E-state index is 0.0870. The molecule has 206 valence electrons. The van der Waals surface area contributed by atoms with Crippen LogP contribution in [0, 0.1) is 0 Å². The quantitative estimate of drug-likeness (QED) is 0.386. The normalized spacial score (nSPS) is 15.6. The van der Waals surface area contributed by atoms with Crippen molar-refractivity contribution in [3.8, 4) is 11.6 Å². The highest BCUT2D eigenvalue weighted by Crippen LogP contribution is 2.39. The van der Waals surface area contributed by atoms with Gasteiger partial charge in [-0.1, -0.05) is 27.4 Å². The molecule has 0 atom stereocenters. The van der Waals surface area contributed by atoms with Gasteiger partial charge in [0, 0.05) is 55.1 Å². The fourth-order valence-corrected chi connectivity index (χ4v) is 5.05. The largest absolute Gasteiger partial charge is 0.494 e. The zero-order chi connectivity index (χ0) is 27.6. The summed E-state index contributed by atoms with van der Waals surface area (Å²) in [7, 11) is 1.63. The van der Waals surface area contributed by atoms with Gasteiger partial charge in [0.15, 0.2) is 5.82 Å². The number of hydrogen-bond donors (Lipinski definition) is 2. The molecule has 2 aliphatic rings. The lowest BCUT2D eigenvalue weighted by molar-refractivity contribution is -0.111. The summed E-state index contributed by atoms with van der Waals surface area (Å²) < 4.78 is 7.57. The number of ether oxygens (including phenoxy) is 1. The maximum atomic E-state index is 12.2. The van der Waals surface area contributed by atoms with E-state index in [1.807, 2.05) is 22.9 Å². The van der Waals surface area contributed by atoms with Crippen molar-refractivity contribution in [2.24, 2.45) is 0 Å². The maximum Gasteiger partial charge on any atom is 0.247 e. The van der Waals surface area contributed by atoms with Crippen LogP contribution in [0.2, 0.25) is 0 Å². The van der Waals surface area contributed by atoms with Crippen molar-refractivity contribution >= 4 is 28.9 Å². The smallest absolute Gasteiger partial charge is 0.247 e. The molecule has 0 bridgehead atoms. The molecule has 2 N–H and O–H groups in total. The number of amides is 1. The lowest BCUT2D eigenvalue weighted by Gasteiger charge is -2.31. The Kier molecular flexibility index (Phi) is 7.56. The zero-order valence-electron chi connectivity index (χ0n) is 23.3. The number of carbonyl (C=O) groups is 1. The molecule has 4 heterocycles. The molecule has 2 aromatic heterocycles. The van der Waals surface area contributed by atoms with E-state index in [1.54, 1.807) is 13.3 Å². The standard InChI is InChI=1S/C29H38N8O2/c1-6-26(38)31-21-16-22(24(39-5)17-23(21)36-14-7-8-15-36)32-28-30-11-10-25(33-28)37-19-20(18-35-12-9-13-35)27(34-37)29(2,3)4/h6,10-11,16-17,19H,1,7-9,12-15,18H2,2-5H3,(H,31,38)(H,30,32,33). The molecule has 2 aliphatic heterocycles. The Morgan fingerprint density at radius 3 is 2.54 bits per heavy atom. The van der Waals surface area contributed by atoms with Gasteiger partial charge in [-0.3, -0.25) is 9.69 Å². The van der Waals surface area contributed by atoms with Crippen LogP contribution in [0.1, 0.15) is 51.3 Å². The molecule has 0 aliphatic carbocycles. The van der Waals surface area contributed by atoms with Gasteiger partial charge in [-0.15, -0.1) is 0 Å². The summed E-state index contributed by atoms with van der Waals surface area (Å²) in [6.45, 7) is 15.2. The first-order valence-corrected chi connectivity index (χ1v) is 13.6. The topological polar surface area (TPSA) is 100 Å². The van der Waals surface area contributed by atoms with E-state index in [4.69, 9.17) is 14.8 Å². The molecule has 5 rings (SSSR count). The summed E-state index contributed by atoms with van der Waals surface area (Å²) in [6, 6.07) is 5.66. The second kappa shape index (κ2) is 11.1. The molecule has 0 spiro atoms. The van der Waals surface area contributed by atoms with Crippen LogP contribution in [-0.4, -0.2) is 63.8 Å². The summed E-state index contributed by atoms with van der Waals surface area (Å²) in [5.41, 5.74) is 4.45. The van der Waals surface area contributed by atoms with Crippen molar-refractivity contribution in [3.05, 3.63) is 54.5 Å². The Balaban J connectivity index is 1.46. The Hall–Kier alpha value is -3.92. The first kappa shape index (κ1) is 26.7. The number of benzene rings is 1. The fraction of sp³-hybridized carbons (Fsp3) is 0.448. The Morgan fingerprint density at radius 1 is 1.13 bits per heavy atom. The van der Waals surface area contributed by atoms with Gasteiger partial charge in [0.05, 0.1) is 29.9 Å². The SMILES string of the molecule is C=CC(=O)Nc1cc(Nc2nccc(-n3cc(CN4CCC4)c(C(C)(C)C)n3)n2)c(OC)cc1N1CCCC1. The second-order valence-corrected chi connectivity index (χ2v) is 11.1. The third-order valence-corrected chi connectivity index (χ3v) is 7.17. The highest BCUT2D eigenvalue weighted by atomic mass is 16.5. The summed E-state index contributed by atoms with van der Waals surface area (Å²) in [5.74, 6) is 1.43. The fourth-order valence-electron chi connectivity index (χ4n) is 5.05. The Morgan fingerprint density at radius 2 is 1.90 bits per heavy atom. The van der Waals surface area contributed by atoms with E-state index in [1.165, 1.54) is 18.1 Å². The van der Waals surface area contributed by atoms with Crippen molar-refractivity contribution in [1.29, 1.82) is 0 Å². The van der Waals surface area contributed by atoms with Crippen LogP contribution >= 0.6 is 0 Å². The van der Waals surface area contributed by atoms with Gasteiger partial charge < -0.3 is 20.3 Å². The third kappa shape index (κ3) is 5.90. The summed E-state index contributed by atoms with van der Waals surface area (Å²) in [6.07, 6.45) is 8.54. The van der Waals surface area contributed by atoms with E-state index >= 15 is 0 Å². The number of aromatic nitrogens is 4. The van der Waals surface area contributed by atoms with E-state index in [0.29, 0.717) is 28.9 Å². The van der Waals surface area contributed by atoms with Gasteiger partial charge in [0.25, 0.3) is 0 Å². The zero-order valence-corrected chi connectivity index (χ0v) is 23.3. The number of nitrogens with one attached hydrogen (secondary N) is 2. The van der Waals surface area contributed by atoms with E-state index < -0.39 is 0 Å². The van der Waals surface area contributed by atoms with E-state index in [2.05, 4.69) is 59.0 Å². The van der Waals surface area contributed by atoms with E-state index in [0.717, 1.165) is 56.9 Å². The summed E-state index contributed by atoms with van der Waals surface area (Å²) in [5, 5.41) is 11.2. The molecule has 0 unspecified atom stereocenters. The predicted molar refractivity (Wildman–Crippen MR) is 154 cm³/mol. The number of anilines is 4.